The van der Waals surface area contributed by atoms with Crippen LogP contribution in [0.2, 0.25) is 0 Å². The molecule has 0 saturated heterocycles. The van der Waals surface area contributed by atoms with Crippen LogP contribution >= 0.6 is 21.6 Å². The molecule has 6 atom stereocenters. The van der Waals surface area contributed by atoms with E-state index in [2.05, 4.69) is 0 Å². The summed E-state index contributed by atoms with van der Waals surface area (Å²) in [7, 11) is 3.09. The number of allylic oxidation sites excluding steroid dienone is 2. The van der Waals surface area contributed by atoms with E-state index in [0.717, 1.165) is 9.81 Å². The van der Waals surface area contributed by atoms with Crippen molar-refractivity contribution < 1.29 is 39.4 Å². The van der Waals surface area contributed by atoms with Crippen LogP contribution in [0.5, 0.6) is 0 Å². The van der Waals surface area contributed by atoms with E-state index in [4.69, 9.17) is 29.2 Å². The van der Waals surface area contributed by atoms with Crippen molar-refractivity contribution in [2.75, 3.05) is 26.4 Å². The van der Waals surface area contributed by atoms with Crippen LogP contribution in [-0.4, -0.2) is 83.8 Å². The molecular weight excluding hydrogens is 408 g/mol. The number of aliphatic hydroxyl groups is 4. The third-order valence-corrected chi connectivity index (χ3v) is 6.71. The third kappa shape index (κ3) is 6.17. The monoisotopic (exact) mass is 432 g/mol. The zero-order valence-electron chi connectivity index (χ0n) is 15.0. The van der Waals surface area contributed by atoms with Gasteiger partial charge in [-0.25, -0.2) is 0 Å². The van der Waals surface area contributed by atoms with Crippen molar-refractivity contribution in [1.29, 1.82) is 0 Å². The van der Waals surface area contributed by atoms with E-state index in [1.807, 2.05) is 12.2 Å². The predicted molar refractivity (Wildman–Crippen MR) is 105 cm³/mol. The molecule has 28 heavy (non-hydrogen) atoms. The fourth-order valence-electron chi connectivity index (χ4n) is 2.57. The van der Waals surface area contributed by atoms with Gasteiger partial charge in [0.05, 0.1) is 26.4 Å². The van der Waals surface area contributed by atoms with Crippen molar-refractivity contribution in [1.82, 2.24) is 0 Å². The maximum absolute atomic E-state index is 9.62. The molecule has 3 heterocycles. The zero-order valence-corrected chi connectivity index (χ0v) is 16.6. The fourth-order valence-corrected chi connectivity index (χ4v) is 4.52. The molecule has 0 bridgehead atoms. The largest absolute Gasteiger partial charge is 0.394 e. The second-order valence-electron chi connectivity index (χ2n) is 6.26. The first kappa shape index (κ1) is 22.0. The summed E-state index contributed by atoms with van der Waals surface area (Å²) in [6, 6.07) is 0. The molecule has 4 N–H and O–H groups in total. The van der Waals surface area contributed by atoms with E-state index in [1.165, 1.54) is 0 Å². The molecule has 0 amide bonds. The topological polar surface area (TPSA) is 118 Å². The minimum absolute atomic E-state index is 0.275. The molecule has 156 valence electrons. The van der Waals surface area contributed by atoms with Crippen LogP contribution in [0.1, 0.15) is 0 Å². The van der Waals surface area contributed by atoms with Gasteiger partial charge in [-0.05, 0) is 24.3 Å². The lowest BCUT2D eigenvalue weighted by Gasteiger charge is -2.29. The Kier molecular flexibility index (Phi) is 8.60. The van der Waals surface area contributed by atoms with Crippen molar-refractivity contribution in [3.8, 4) is 0 Å². The normalized spacial score (nSPS) is 35.6. The molecular formula is C18H24O8S2. The van der Waals surface area contributed by atoms with E-state index in [1.54, 1.807) is 45.9 Å². The minimum atomic E-state index is -0.826. The lowest BCUT2D eigenvalue weighted by molar-refractivity contribution is -0.175. The number of ether oxygens (including phenoxy) is 4. The van der Waals surface area contributed by atoms with E-state index >= 15 is 0 Å². The number of aliphatic hydroxyl groups excluding tert-OH is 4. The van der Waals surface area contributed by atoms with Crippen molar-refractivity contribution in [2.45, 2.75) is 37.0 Å². The number of hydrogen-bond donors (Lipinski definition) is 4. The Hall–Kier alpha value is -0.660. The average Bonchev–Trinajstić information content (AvgIpc) is 2.73. The van der Waals surface area contributed by atoms with Gasteiger partial charge in [0.1, 0.15) is 24.4 Å². The standard InChI is InChI=1S/C18H24O8S2/c19-7-15-13(21)3-5-17(25-15)23-9-11-1-2-12(28-27-11)10-24-18-6-4-14(22)16(8-20)26-18/h1-6,13-22H,7-10H2/t13-,14-,15+,16+,17-,18-/m0/s1. The van der Waals surface area contributed by atoms with Gasteiger partial charge in [0.2, 0.25) is 0 Å². The van der Waals surface area contributed by atoms with Crippen LogP contribution in [0.3, 0.4) is 0 Å². The van der Waals surface area contributed by atoms with Crippen LogP contribution in [0, 0.1) is 0 Å². The highest BCUT2D eigenvalue weighted by Gasteiger charge is 2.27. The molecule has 0 aliphatic carbocycles. The molecule has 0 aromatic carbocycles. The van der Waals surface area contributed by atoms with Gasteiger partial charge in [-0.3, -0.25) is 0 Å². The summed E-state index contributed by atoms with van der Waals surface area (Å²) in [4.78, 5) is 1.99. The van der Waals surface area contributed by atoms with Crippen molar-refractivity contribution >= 4 is 21.6 Å². The van der Waals surface area contributed by atoms with E-state index in [-0.39, 0.29) is 13.2 Å². The Labute approximate surface area is 170 Å². The Balaban J connectivity index is 1.42. The van der Waals surface area contributed by atoms with E-state index in [9.17, 15) is 10.2 Å². The summed E-state index contributed by atoms with van der Waals surface area (Å²) < 4.78 is 22.2. The lowest BCUT2D eigenvalue weighted by atomic mass is 10.1. The summed E-state index contributed by atoms with van der Waals surface area (Å²) in [5, 5.41) is 37.6. The minimum Gasteiger partial charge on any atom is -0.394 e. The maximum atomic E-state index is 9.62. The Morgan fingerprint density at radius 1 is 0.750 bits per heavy atom. The summed E-state index contributed by atoms with van der Waals surface area (Å²) in [6.45, 7) is 0.136. The molecule has 3 aliphatic heterocycles. The van der Waals surface area contributed by atoms with Crippen molar-refractivity contribution in [3.05, 3.63) is 46.3 Å². The fraction of sp³-hybridized carbons (Fsp3) is 0.556. The molecule has 3 rings (SSSR count). The van der Waals surface area contributed by atoms with Gasteiger partial charge >= 0.3 is 0 Å². The van der Waals surface area contributed by atoms with Gasteiger partial charge in [-0.15, -0.1) is 0 Å². The first-order valence-electron chi connectivity index (χ1n) is 8.82. The number of rotatable bonds is 8. The molecule has 0 unspecified atom stereocenters. The van der Waals surface area contributed by atoms with Gasteiger partial charge in [0.25, 0.3) is 0 Å². The lowest BCUT2D eigenvalue weighted by Crippen LogP contribution is -2.38. The van der Waals surface area contributed by atoms with Crippen LogP contribution < -0.4 is 0 Å². The smallest absolute Gasteiger partial charge is 0.177 e. The second-order valence-corrected chi connectivity index (χ2v) is 8.64. The van der Waals surface area contributed by atoms with Gasteiger partial charge in [-0.1, -0.05) is 33.7 Å². The SMILES string of the molecule is OC[C@H]1O[C@H](OCC2=CC=C(CO[C@@H]3C=C[C@H](O)[C@@H](CO)O3)SS2)C=C[C@@H]1O. The highest BCUT2D eigenvalue weighted by atomic mass is 33.1. The van der Waals surface area contributed by atoms with Crippen LogP contribution in [0.4, 0.5) is 0 Å². The molecule has 10 heteroatoms. The van der Waals surface area contributed by atoms with Crippen molar-refractivity contribution in [3.63, 3.8) is 0 Å². The van der Waals surface area contributed by atoms with Gasteiger partial charge in [0.15, 0.2) is 12.6 Å². The zero-order chi connectivity index (χ0) is 19.9. The molecule has 0 aromatic rings. The van der Waals surface area contributed by atoms with Gasteiger partial charge in [-0.2, -0.15) is 0 Å². The van der Waals surface area contributed by atoms with Crippen LogP contribution in [0.15, 0.2) is 46.3 Å². The molecule has 0 spiro atoms. The van der Waals surface area contributed by atoms with E-state index < -0.39 is 37.0 Å². The highest BCUT2D eigenvalue weighted by Crippen LogP contribution is 2.40. The van der Waals surface area contributed by atoms with E-state index in [0.29, 0.717) is 13.2 Å². The first-order valence-corrected chi connectivity index (χ1v) is 11.0. The van der Waals surface area contributed by atoms with Gasteiger partial charge < -0.3 is 39.4 Å². The Morgan fingerprint density at radius 3 is 1.54 bits per heavy atom. The molecule has 0 fully saturated rings. The molecule has 0 aromatic heterocycles. The molecule has 0 radical (unpaired) electrons. The Bertz CT molecular complexity index is 581. The summed E-state index contributed by atoms with van der Waals surface area (Å²) in [6.07, 6.45) is 6.02. The van der Waals surface area contributed by atoms with Crippen molar-refractivity contribution in [2.24, 2.45) is 0 Å². The highest BCUT2D eigenvalue weighted by molar-refractivity contribution is 8.79. The average molecular weight is 433 g/mol. The molecule has 3 aliphatic rings. The summed E-state index contributed by atoms with van der Waals surface area (Å²) >= 11 is 0. The maximum Gasteiger partial charge on any atom is 0.177 e. The molecule has 0 saturated carbocycles. The van der Waals surface area contributed by atoms with Crippen LogP contribution in [0.25, 0.3) is 0 Å². The quantitative estimate of drug-likeness (QED) is 0.318. The summed E-state index contributed by atoms with van der Waals surface area (Å²) in [5.41, 5.74) is 0. The Morgan fingerprint density at radius 2 is 1.18 bits per heavy atom. The number of hydrogen-bond acceptors (Lipinski definition) is 10. The molecule has 8 nitrogen and oxygen atoms in total. The third-order valence-electron chi connectivity index (χ3n) is 4.16. The van der Waals surface area contributed by atoms with Crippen LogP contribution in [-0.2, 0) is 18.9 Å². The first-order chi connectivity index (χ1) is 13.6. The van der Waals surface area contributed by atoms with Gasteiger partial charge in [0, 0.05) is 9.81 Å². The summed E-state index contributed by atoms with van der Waals surface area (Å²) in [5.74, 6) is 0. The predicted octanol–water partition coefficient (Wildman–Crippen LogP) is 0.451. The second kappa shape index (κ2) is 10.9.